The molecule has 0 radical (unpaired) electrons. The van der Waals surface area contributed by atoms with E-state index in [1.165, 1.54) is 12.7 Å². The highest BCUT2D eigenvalue weighted by atomic mass is 16.5. The number of hydrogen-bond donors (Lipinski definition) is 0. The van der Waals surface area contributed by atoms with Crippen molar-refractivity contribution in [2.75, 3.05) is 20.2 Å². The first-order valence-corrected chi connectivity index (χ1v) is 10.8. The van der Waals surface area contributed by atoms with Crippen molar-refractivity contribution in [3.05, 3.63) is 77.5 Å². The standard InChI is InChI=1S/C27H26N2O3/c1-3-4-13-25(30)29-19-23(26-22(27(31)32-2)11-8-12-24(26)29)21-14-16-28(17-15-21)18-20-9-6-5-7-10-20/h1,5-12,14,19H,4,13,15-18H2,2H3. The van der Waals surface area contributed by atoms with Crippen molar-refractivity contribution in [3.63, 3.8) is 0 Å². The number of benzene rings is 2. The third kappa shape index (κ3) is 4.37. The molecule has 2 aromatic carbocycles. The Morgan fingerprint density at radius 3 is 2.62 bits per heavy atom. The Morgan fingerprint density at radius 1 is 1.12 bits per heavy atom. The van der Waals surface area contributed by atoms with Crippen molar-refractivity contribution in [2.24, 2.45) is 0 Å². The van der Waals surface area contributed by atoms with E-state index in [2.05, 4.69) is 41.2 Å². The van der Waals surface area contributed by atoms with Crippen LogP contribution in [0.4, 0.5) is 0 Å². The number of hydrogen-bond acceptors (Lipinski definition) is 4. The number of rotatable bonds is 6. The van der Waals surface area contributed by atoms with Gasteiger partial charge in [0.1, 0.15) is 0 Å². The summed E-state index contributed by atoms with van der Waals surface area (Å²) in [6, 6.07) is 15.8. The van der Waals surface area contributed by atoms with Gasteiger partial charge in [-0.2, -0.15) is 0 Å². The summed E-state index contributed by atoms with van der Waals surface area (Å²) in [4.78, 5) is 27.7. The monoisotopic (exact) mass is 426 g/mol. The molecule has 0 unspecified atom stereocenters. The van der Waals surface area contributed by atoms with Gasteiger partial charge in [0.2, 0.25) is 5.91 Å². The highest BCUT2D eigenvalue weighted by Crippen LogP contribution is 2.34. The summed E-state index contributed by atoms with van der Waals surface area (Å²) in [5, 5.41) is 0.760. The number of terminal acetylenes is 1. The SMILES string of the molecule is C#CCCC(=O)n1cc(C2=CCN(Cc3ccccc3)CC2)c2c(C(=O)OC)cccc21. The molecule has 3 aromatic rings. The van der Waals surface area contributed by atoms with Gasteiger partial charge in [0, 0.05) is 49.6 Å². The Labute approximate surface area is 188 Å². The first kappa shape index (κ1) is 21.6. The van der Waals surface area contributed by atoms with E-state index in [0.717, 1.165) is 42.6 Å². The molecule has 0 atom stereocenters. The zero-order valence-electron chi connectivity index (χ0n) is 18.2. The van der Waals surface area contributed by atoms with Crippen LogP contribution < -0.4 is 0 Å². The summed E-state index contributed by atoms with van der Waals surface area (Å²) in [7, 11) is 1.37. The van der Waals surface area contributed by atoms with Crippen LogP contribution in [0.5, 0.6) is 0 Å². The normalized spacial score (nSPS) is 14.1. The molecule has 1 aliphatic rings. The van der Waals surface area contributed by atoms with Crippen molar-refractivity contribution in [3.8, 4) is 12.3 Å². The Balaban J connectivity index is 1.70. The number of esters is 1. The van der Waals surface area contributed by atoms with Crippen molar-refractivity contribution in [1.82, 2.24) is 9.47 Å². The molecule has 1 aromatic heterocycles. The van der Waals surface area contributed by atoms with E-state index in [1.54, 1.807) is 16.7 Å². The van der Waals surface area contributed by atoms with E-state index in [1.807, 2.05) is 18.3 Å². The maximum absolute atomic E-state index is 12.8. The van der Waals surface area contributed by atoms with E-state index in [-0.39, 0.29) is 12.3 Å². The number of methoxy groups -OCH3 is 1. The maximum Gasteiger partial charge on any atom is 0.338 e. The van der Waals surface area contributed by atoms with Gasteiger partial charge in [-0.15, -0.1) is 12.3 Å². The average Bonchev–Trinajstić information content (AvgIpc) is 3.23. The molecule has 2 heterocycles. The third-order valence-electron chi connectivity index (χ3n) is 5.87. The predicted octanol–water partition coefficient (Wildman–Crippen LogP) is 4.77. The lowest BCUT2D eigenvalue weighted by atomic mass is 9.96. The molecule has 4 rings (SSSR count). The molecule has 5 nitrogen and oxygen atoms in total. The summed E-state index contributed by atoms with van der Waals surface area (Å²) in [5.74, 6) is 2.04. The minimum Gasteiger partial charge on any atom is -0.465 e. The van der Waals surface area contributed by atoms with E-state index in [0.29, 0.717) is 17.5 Å². The van der Waals surface area contributed by atoms with Gasteiger partial charge in [0.05, 0.1) is 18.2 Å². The van der Waals surface area contributed by atoms with E-state index in [4.69, 9.17) is 11.2 Å². The van der Waals surface area contributed by atoms with Crippen LogP contribution in [0.25, 0.3) is 16.5 Å². The van der Waals surface area contributed by atoms with Gasteiger partial charge in [-0.05, 0) is 29.7 Å². The molecular weight excluding hydrogens is 400 g/mol. The summed E-state index contributed by atoms with van der Waals surface area (Å²) >= 11 is 0. The van der Waals surface area contributed by atoms with Crippen LogP contribution in [0.3, 0.4) is 0 Å². The number of carbonyl (C=O) groups is 2. The fourth-order valence-corrected chi connectivity index (χ4v) is 4.26. The second kappa shape index (κ2) is 9.67. The first-order chi connectivity index (χ1) is 15.6. The first-order valence-electron chi connectivity index (χ1n) is 10.8. The van der Waals surface area contributed by atoms with Crippen molar-refractivity contribution < 1.29 is 14.3 Å². The molecule has 1 aliphatic heterocycles. The third-order valence-corrected chi connectivity index (χ3v) is 5.87. The fourth-order valence-electron chi connectivity index (χ4n) is 4.26. The maximum atomic E-state index is 12.8. The highest BCUT2D eigenvalue weighted by Gasteiger charge is 2.23. The number of fused-ring (bicyclic) bond motifs is 1. The van der Waals surface area contributed by atoms with Gasteiger partial charge >= 0.3 is 5.97 Å². The number of carbonyl (C=O) groups excluding carboxylic acids is 2. The van der Waals surface area contributed by atoms with Crippen LogP contribution in [0, 0.1) is 12.3 Å². The molecule has 0 N–H and O–H groups in total. The van der Waals surface area contributed by atoms with Crippen LogP contribution in [-0.2, 0) is 11.3 Å². The Morgan fingerprint density at radius 2 is 1.94 bits per heavy atom. The smallest absolute Gasteiger partial charge is 0.338 e. The quantitative estimate of drug-likeness (QED) is 0.421. The molecule has 0 bridgehead atoms. The number of nitrogens with zero attached hydrogens (tertiary/aromatic N) is 2. The number of ether oxygens (including phenoxy) is 1. The fraction of sp³-hybridized carbons (Fsp3) is 0.259. The lowest BCUT2D eigenvalue weighted by Crippen LogP contribution is -2.28. The van der Waals surface area contributed by atoms with Crippen LogP contribution in [0.15, 0.2) is 60.8 Å². The molecular formula is C27H26N2O3. The average molecular weight is 427 g/mol. The highest BCUT2D eigenvalue weighted by molar-refractivity contribution is 6.10. The van der Waals surface area contributed by atoms with Gasteiger partial charge in [0.25, 0.3) is 0 Å². The molecule has 0 saturated heterocycles. The molecule has 162 valence electrons. The van der Waals surface area contributed by atoms with Crippen LogP contribution in [0.2, 0.25) is 0 Å². The zero-order chi connectivity index (χ0) is 22.5. The Bertz CT molecular complexity index is 1210. The molecule has 0 saturated carbocycles. The van der Waals surface area contributed by atoms with Gasteiger partial charge in [-0.1, -0.05) is 42.5 Å². The van der Waals surface area contributed by atoms with Crippen molar-refractivity contribution >= 4 is 28.4 Å². The van der Waals surface area contributed by atoms with Crippen molar-refractivity contribution in [2.45, 2.75) is 25.8 Å². The summed E-state index contributed by atoms with van der Waals surface area (Å²) < 4.78 is 6.65. The van der Waals surface area contributed by atoms with E-state index in [9.17, 15) is 9.59 Å². The molecule has 0 spiro atoms. The van der Waals surface area contributed by atoms with Gasteiger partial charge in [0.15, 0.2) is 0 Å². The molecule has 32 heavy (non-hydrogen) atoms. The lowest BCUT2D eigenvalue weighted by molar-refractivity contribution is 0.0602. The lowest BCUT2D eigenvalue weighted by Gasteiger charge is -2.26. The summed E-state index contributed by atoms with van der Waals surface area (Å²) in [6.45, 7) is 2.60. The predicted molar refractivity (Wildman–Crippen MR) is 126 cm³/mol. The van der Waals surface area contributed by atoms with Gasteiger partial charge < -0.3 is 4.74 Å². The largest absolute Gasteiger partial charge is 0.465 e. The number of aromatic nitrogens is 1. The van der Waals surface area contributed by atoms with Gasteiger partial charge in [-0.3, -0.25) is 14.3 Å². The topological polar surface area (TPSA) is 51.5 Å². The van der Waals surface area contributed by atoms with Crippen LogP contribution in [0.1, 0.15) is 45.5 Å². The minimum atomic E-state index is -0.409. The van der Waals surface area contributed by atoms with E-state index >= 15 is 0 Å². The van der Waals surface area contributed by atoms with Crippen LogP contribution >= 0.6 is 0 Å². The molecule has 0 aliphatic carbocycles. The Kier molecular flexibility index (Phi) is 6.53. The van der Waals surface area contributed by atoms with Crippen molar-refractivity contribution in [1.29, 1.82) is 0 Å². The molecule has 5 heteroatoms. The van der Waals surface area contributed by atoms with E-state index < -0.39 is 5.97 Å². The van der Waals surface area contributed by atoms with Gasteiger partial charge in [-0.25, -0.2) is 4.79 Å². The van der Waals surface area contributed by atoms with Crippen LogP contribution in [-0.4, -0.2) is 41.5 Å². The zero-order valence-corrected chi connectivity index (χ0v) is 18.2. The second-order valence-corrected chi connectivity index (χ2v) is 7.90. The Hall–Kier alpha value is -3.62. The molecule has 0 amide bonds. The minimum absolute atomic E-state index is 0.0803. The summed E-state index contributed by atoms with van der Waals surface area (Å²) in [5.41, 5.74) is 4.51. The second-order valence-electron chi connectivity index (χ2n) is 7.90. The summed E-state index contributed by atoms with van der Waals surface area (Å²) in [6.07, 6.45) is 10.9. The molecule has 0 fully saturated rings.